The van der Waals surface area contributed by atoms with Crippen LogP contribution in [0.1, 0.15) is 29.5 Å². The molecule has 1 aliphatic heterocycles. The number of ether oxygens (including phenoxy) is 1. The Balaban J connectivity index is 1.67. The van der Waals surface area contributed by atoms with E-state index in [0.29, 0.717) is 31.7 Å². The Bertz CT molecular complexity index is 1030. The maximum Gasteiger partial charge on any atom is 0.224 e. The molecule has 4 heteroatoms. The number of carbonyl (C=O) groups is 1. The second-order valence-electron chi connectivity index (χ2n) is 7.21. The summed E-state index contributed by atoms with van der Waals surface area (Å²) < 4.78 is 6.11. The number of rotatable bonds is 6. The highest BCUT2D eigenvalue weighted by molar-refractivity contribution is 5.81. The molecule has 1 heterocycles. The Hall–Kier alpha value is -3.58. The van der Waals surface area contributed by atoms with Crippen LogP contribution in [0.3, 0.4) is 0 Å². The van der Waals surface area contributed by atoms with Crippen LogP contribution in [0.15, 0.2) is 84.9 Å². The molecule has 0 bridgehead atoms. The highest BCUT2D eigenvalue weighted by atomic mass is 16.5. The summed E-state index contributed by atoms with van der Waals surface area (Å²) >= 11 is 0. The van der Waals surface area contributed by atoms with Gasteiger partial charge in [0.15, 0.2) is 5.54 Å². The minimum Gasteiger partial charge on any atom is -0.488 e. The SMILES string of the molecule is N#CC1(c2ccccc2OCc2ccccc2)CCC(=O)N1Cc1ccccc1. The average Bonchev–Trinajstić information content (AvgIpc) is 3.10. The number of carbonyl (C=O) groups excluding carboxylic acids is 1. The number of amides is 1. The van der Waals surface area contributed by atoms with E-state index in [2.05, 4.69) is 6.07 Å². The van der Waals surface area contributed by atoms with Gasteiger partial charge in [0.1, 0.15) is 12.4 Å². The number of hydrogen-bond acceptors (Lipinski definition) is 3. The van der Waals surface area contributed by atoms with Crippen molar-refractivity contribution in [2.75, 3.05) is 0 Å². The summed E-state index contributed by atoms with van der Waals surface area (Å²) in [6.45, 7) is 0.812. The van der Waals surface area contributed by atoms with Crippen LogP contribution in [0.5, 0.6) is 5.75 Å². The molecule has 4 rings (SSSR count). The molecular weight excluding hydrogens is 360 g/mol. The fraction of sp³-hybridized carbons (Fsp3) is 0.200. The van der Waals surface area contributed by atoms with E-state index in [1.807, 2.05) is 84.9 Å². The number of para-hydroxylation sites is 1. The highest BCUT2D eigenvalue weighted by Gasteiger charge is 2.48. The summed E-state index contributed by atoms with van der Waals surface area (Å²) in [5.41, 5.74) is 1.78. The molecule has 144 valence electrons. The second kappa shape index (κ2) is 8.20. The fourth-order valence-electron chi connectivity index (χ4n) is 3.89. The maximum absolute atomic E-state index is 12.8. The Morgan fingerprint density at radius 2 is 1.52 bits per heavy atom. The van der Waals surface area contributed by atoms with Crippen molar-refractivity contribution in [3.8, 4) is 11.8 Å². The first-order valence-electron chi connectivity index (χ1n) is 9.75. The lowest BCUT2D eigenvalue weighted by atomic mass is 9.87. The van der Waals surface area contributed by atoms with Crippen LogP contribution in [-0.2, 0) is 23.5 Å². The lowest BCUT2D eigenvalue weighted by Gasteiger charge is -2.34. The van der Waals surface area contributed by atoms with Crippen molar-refractivity contribution < 1.29 is 9.53 Å². The van der Waals surface area contributed by atoms with Gasteiger partial charge in [-0.05, 0) is 23.6 Å². The van der Waals surface area contributed by atoms with Crippen LogP contribution in [0.4, 0.5) is 0 Å². The van der Waals surface area contributed by atoms with Gasteiger partial charge in [-0.3, -0.25) is 4.79 Å². The predicted octanol–water partition coefficient (Wildman–Crippen LogP) is 4.81. The molecule has 1 amide bonds. The van der Waals surface area contributed by atoms with Gasteiger partial charge in [-0.25, -0.2) is 0 Å². The first-order valence-corrected chi connectivity index (χ1v) is 9.75. The molecule has 0 aromatic heterocycles. The molecule has 0 aliphatic carbocycles. The Morgan fingerprint density at radius 1 is 0.897 bits per heavy atom. The van der Waals surface area contributed by atoms with Crippen molar-refractivity contribution in [1.82, 2.24) is 4.90 Å². The van der Waals surface area contributed by atoms with Gasteiger partial charge >= 0.3 is 0 Å². The summed E-state index contributed by atoms with van der Waals surface area (Å²) in [5.74, 6) is 0.638. The van der Waals surface area contributed by atoms with E-state index in [-0.39, 0.29) is 5.91 Å². The standard InChI is InChI=1S/C25H22N2O2/c26-19-25(16-15-24(28)27(25)17-20-9-3-1-4-10-20)22-13-7-8-14-23(22)29-18-21-11-5-2-6-12-21/h1-14H,15-18H2. The summed E-state index contributed by atoms with van der Waals surface area (Å²) in [6, 6.07) is 29.7. The smallest absolute Gasteiger partial charge is 0.224 e. The molecule has 0 N–H and O–H groups in total. The lowest BCUT2D eigenvalue weighted by Crippen LogP contribution is -2.42. The molecule has 0 spiro atoms. The first kappa shape index (κ1) is 18.8. The zero-order chi connectivity index (χ0) is 20.1. The maximum atomic E-state index is 12.8. The monoisotopic (exact) mass is 382 g/mol. The molecule has 4 nitrogen and oxygen atoms in total. The van der Waals surface area contributed by atoms with E-state index in [1.54, 1.807) is 4.90 Å². The van der Waals surface area contributed by atoms with Gasteiger partial charge in [-0.2, -0.15) is 5.26 Å². The minimum absolute atomic E-state index is 0.00624. The molecule has 1 unspecified atom stereocenters. The number of hydrogen-bond donors (Lipinski definition) is 0. The zero-order valence-corrected chi connectivity index (χ0v) is 16.1. The van der Waals surface area contributed by atoms with E-state index in [9.17, 15) is 10.1 Å². The molecule has 0 saturated carbocycles. The van der Waals surface area contributed by atoms with Gasteiger partial charge in [0, 0.05) is 18.5 Å². The zero-order valence-electron chi connectivity index (χ0n) is 16.1. The summed E-state index contributed by atoms with van der Waals surface area (Å²) in [4.78, 5) is 14.5. The molecule has 29 heavy (non-hydrogen) atoms. The molecular formula is C25H22N2O2. The van der Waals surface area contributed by atoms with Crippen LogP contribution in [-0.4, -0.2) is 10.8 Å². The quantitative estimate of drug-likeness (QED) is 0.615. The minimum atomic E-state index is -1.03. The summed E-state index contributed by atoms with van der Waals surface area (Å²) in [7, 11) is 0. The number of nitriles is 1. The Morgan fingerprint density at radius 3 is 2.21 bits per heavy atom. The van der Waals surface area contributed by atoms with Crippen LogP contribution >= 0.6 is 0 Å². The first-order chi connectivity index (χ1) is 14.2. The van der Waals surface area contributed by atoms with Crippen molar-refractivity contribution >= 4 is 5.91 Å². The molecule has 3 aromatic carbocycles. The van der Waals surface area contributed by atoms with Crippen molar-refractivity contribution in [1.29, 1.82) is 5.26 Å². The molecule has 3 aromatic rings. The van der Waals surface area contributed by atoms with E-state index >= 15 is 0 Å². The van der Waals surface area contributed by atoms with Gasteiger partial charge in [-0.15, -0.1) is 0 Å². The van der Waals surface area contributed by atoms with Crippen LogP contribution in [0, 0.1) is 11.3 Å². The van der Waals surface area contributed by atoms with E-state index in [0.717, 1.165) is 16.7 Å². The third-order valence-corrected chi connectivity index (χ3v) is 5.40. The number of nitrogens with zero attached hydrogens (tertiary/aromatic N) is 2. The van der Waals surface area contributed by atoms with Crippen molar-refractivity contribution in [3.05, 3.63) is 102 Å². The third-order valence-electron chi connectivity index (χ3n) is 5.40. The van der Waals surface area contributed by atoms with Gasteiger partial charge in [0.05, 0.1) is 6.07 Å². The van der Waals surface area contributed by atoms with E-state index in [4.69, 9.17) is 4.74 Å². The van der Waals surface area contributed by atoms with Gasteiger partial charge in [0.25, 0.3) is 0 Å². The van der Waals surface area contributed by atoms with Crippen molar-refractivity contribution in [3.63, 3.8) is 0 Å². The predicted molar refractivity (Wildman–Crippen MR) is 111 cm³/mol. The van der Waals surface area contributed by atoms with Gasteiger partial charge < -0.3 is 9.64 Å². The van der Waals surface area contributed by atoms with Crippen LogP contribution < -0.4 is 4.74 Å². The molecule has 1 aliphatic rings. The van der Waals surface area contributed by atoms with E-state index < -0.39 is 5.54 Å². The van der Waals surface area contributed by atoms with E-state index in [1.165, 1.54) is 0 Å². The largest absolute Gasteiger partial charge is 0.488 e. The van der Waals surface area contributed by atoms with Crippen LogP contribution in [0.25, 0.3) is 0 Å². The summed E-state index contributed by atoms with van der Waals surface area (Å²) in [6.07, 6.45) is 0.814. The molecule has 1 atom stereocenters. The van der Waals surface area contributed by atoms with Crippen molar-refractivity contribution in [2.45, 2.75) is 31.5 Å². The third kappa shape index (κ3) is 3.72. The average molecular weight is 382 g/mol. The summed E-state index contributed by atoms with van der Waals surface area (Å²) in [5, 5.41) is 10.2. The number of likely N-dealkylation sites (tertiary alicyclic amines) is 1. The molecule has 1 saturated heterocycles. The lowest BCUT2D eigenvalue weighted by molar-refractivity contribution is -0.131. The number of benzene rings is 3. The van der Waals surface area contributed by atoms with Crippen molar-refractivity contribution in [2.24, 2.45) is 0 Å². The fourth-order valence-corrected chi connectivity index (χ4v) is 3.89. The van der Waals surface area contributed by atoms with Gasteiger partial charge in [-0.1, -0.05) is 78.9 Å². The normalized spacial score (nSPS) is 18.4. The second-order valence-corrected chi connectivity index (χ2v) is 7.21. The van der Waals surface area contributed by atoms with Crippen LogP contribution in [0.2, 0.25) is 0 Å². The molecule has 1 fully saturated rings. The molecule has 0 radical (unpaired) electrons. The highest BCUT2D eigenvalue weighted by Crippen LogP contribution is 2.44. The Labute approximate surface area is 171 Å². The topological polar surface area (TPSA) is 53.3 Å². The Kier molecular flexibility index (Phi) is 5.31. The van der Waals surface area contributed by atoms with Gasteiger partial charge in [0.2, 0.25) is 5.91 Å².